The molecule has 1 heterocycles. The van der Waals surface area contributed by atoms with Crippen molar-refractivity contribution in [3.63, 3.8) is 0 Å². The predicted molar refractivity (Wildman–Crippen MR) is 93.8 cm³/mol. The smallest absolute Gasteiger partial charge is 0.194 e. The minimum Gasteiger partial charge on any atom is -0.304 e. The van der Waals surface area contributed by atoms with Crippen LogP contribution in [0.1, 0.15) is 27.0 Å². The molecule has 0 N–H and O–H groups in total. The quantitative estimate of drug-likeness (QED) is 0.813. The number of rotatable bonds is 4. The number of hydrogen-bond acceptors (Lipinski definition) is 4. The van der Waals surface area contributed by atoms with E-state index in [-0.39, 0.29) is 5.78 Å². The molecule has 0 atom stereocenters. The normalized spacial score (nSPS) is 15.8. The van der Waals surface area contributed by atoms with E-state index in [0.717, 1.165) is 38.3 Å². The molecule has 0 amide bonds. The lowest BCUT2D eigenvalue weighted by atomic mass is 9.95. The summed E-state index contributed by atoms with van der Waals surface area (Å²) < 4.78 is 0. The molecule has 0 aliphatic carbocycles. The summed E-state index contributed by atoms with van der Waals surface area (Å²) in [4.78, 5) is 17.7. The summed E-state index contributed by atoms with van der Waals surface area (Å²) in [5, 5.41) is 9.25. The molecule has 1 saturated heterocycles. The molecular formula is C20H21N3O. The van der Waals surface area contributed by atoms with E-state index in [1.807, 2.05) is 24.3 Å². The third-order valence-electron chi connectivity index (χ3n) is 4.54. The fourth-order valence-corrected chi connectivity index (χ4v) is 3.05. The van der Waals surface area contributed by atoms with Crippen molar-refractivity contribution in [2.75, 3.05) is 33.2 Å². The SMILES string of the molecule is CN1CCN(Cc2ccccc2C(=O)c2ccccc2C#N)CC1. The Bertz CT molecular complexity index is 770. The molecule has 0 saturated carbocycles. The van der Waals surface area contributed by atoms with Gasteiger partial charge in [-0.05, 0) is 24.7 Å². The van der Waals surface area contributed by atoms with Crippen LogP contribution in [-0.4, -0.2) is 48.8 Å². The molecule has 0 bridgehead atoms. The van der Waals surface area contributed by atoms with Crippen LogP contribution in [0, 0.1) is 11.3 Å². The Balaban J connectivity index is 1.86. The molecule has 4 nitrogen and oxygen atoms in total. The van der Waals surface area contributed by atoms with Gasteiger partial charge in [0.15, 0.2) is 5.78 Å². The second-order valence-electron chi connectivity index (χ2n) is 6.22. The number of carbonyl (C=O) groups excluding carboxylic acids is 1. The first-order valence-corrected chi connectivity index (χ1v) is 8.21. The number of piperazine rings is 1. The lowest BCUT2D eigenvalue weighted by Crippen LogP contribution is -2.44. The highest BCUT2D eigenvalue weighted by molar-refractivity contribution is 6.11. The second kappa shape index (κ2) is 7.39. The lowest BCUT2D eigenvalue weighted by molar-refractivity contribution is 0.103. The fraction of sp³-hybridized carbons (Fsp3) is 0.300. The number of benzene rings is 2. The first-order chi connectivity index (χ1) is 11.7. The average molecular weight is 319 g/mol. The number of likely N-dealkylation sites (N-methyl/N-ethyl adjacent to an activating group) is 1. The van der Waals surface area contributed by atoms with Gasteiger partial charge >= 0.3 is 0 Å². The Morgan fingerprint density at radius 1 is 1.00 bits per heavy atom. The molecule has 1 aliphatic rings. The first kappa shape index (κ1) is 16.4. The standard InChI is InChI=1S/C20H21N3O/c1-22-10-12-23(13-11-22)15-17-7-3-5-9-19(17)20(24)18-8-4-2-6-16(18)14-21/h2-9H,10-13,15H2,1H3. The summed E-state index contributed by atoms with van der Waals surface area (Å²) in [6.07, 6.45) is 0. The molecule has 0 spiro atoms. The molecule has 2 aromatic carbocycles. The fourth-order valence-electron chi connectivity index (χ4n) is 3.05. The Hall–Kier alpha value is -2.48. The van der Waals surface area contributed by atoms with E-state index < -0.39 is 0 Å². The number of nitrogens with zero attached hydrogens (tertiary/aromatic N) is 3. The maximum absolute atomic E-state index is 13.0. The van der Waals surface area contributed by atoms with Gasteiger partial charge in [-0.25, -0.2) is 0 Å². The van der Waals surface area contributed by atoms with Crippen LogP contribution in [0.4, 0.5) is 0 Å². The predicted octanol–water partition coefficient (Wildman–Crippen LogP) is 2.54. The summed E-state index contributed by atoms with van der Waals surface area (Å²) in [6, 6.07) is 16.9. The second-order valence-corrected chi connectivity index (χ2v) is 6.22. The Morgan fingerprint density at radius 3 is 2.33 bits per heavy atom. The zero-order valence-corrected chi connectivity index (χ0v) is 13.9. The van der Waals surface area contributed by atoms with Crippen LogP contribution >= 0.6 is 0 Å². The molecule has 24 heavy (non-hydrogen) atoms. The minimum atomic E-state index is -0.0723. The van der Waals surface area contributed by atoms with Crippen molar-refractivity contribution in [3.8, 4) is 6.07 Å². The topological polar surface area (TPSA) is 47.3 Å². The zero-order chi connectivity index (χ0) is 16.9. The van der Waals surface area contributed by atoms with Crippen molar-refractivity contribution in [2.45, 2.75) is 6.54 Å². The van der Waals surface area contributed by atoms with Crippen molar-refractivity contribution in [1.29, 1.82) is 5.26 Å². The van der Waals surface area contributed by atoms with Gasteiger partial charge in [0, 0.05) is 43.9 Å². The van der Waals surface area contributed by atoms with E-state index in [2.05, 4.69) is 22.9 Å². The van der Waals surface area contributed by atoms with E-state index in [1.54, 1.807) is 24.3 Å². The van der Waals surface area contributed by atoms with Crippen molar-refractivity contribution in [2.24, 2.45) is 0 Å². The summed E-state index contributed by atoms with van der Waals surface area (Å²) in [5.41, 5.74) is 2.63. The monoisotopic (exact) mass is 319 g/mol. The molecule has 1 fully saturated rings. The van der Waals surface area contributed by atoms with Crippen LogP contribution in [0.25, 0.3) is 0 Å². The van der Waals surface area contributed by atoms with Crippen LogP contribution in [0.3, 0.4) is 0 Å². The summed E-state index contributed by atoms with van der Waals surface area (Å²) in [6.45, 7) is 4.88. The van der Waals surface area contributed by atoms with Gasteiger partial charge in [-0.15, -0.1) is 0 Å². The van der Waals surface area contributed by atoms with Gasteiger partial charge < -0.3 is 4.90 Å². The lowest BCUT2D eigenvalue weighted by Gasteiger charge is -2.32. The van der Waals surface area contributed by atoms with Gasteiger partial charge in [-0.1, -0.05) is 36.4 Å². The van der Waals surface area contributed by atoms with E-state index in [0.29, 0.717) is 16.7 Å². The van der Waals surface area contributed by atoms with E-state index >= 15 is 0 Å². The maximum Gasteiger partial charge on any atom is 0.194 e. The highest BCUT2D eigenvalue weighted by Crippen LogP contribution is 2.19. The van der Waals surface area contributed by atoms with Gasteiger partial charge in [0.25, 0.3) is 0 Å². The van der Waals surface area contributed by atoms with Crippen LogP contribution in [0.5, 0.6) is 0 Å². The Kier molecular flexibility index (Phi) is 5.05. The van der Waals surface area contributed by atoms with Gasteiger partial charge in [-0.3, -0.25) is 9.69 Å². The third kappa shape index (κ3) is 3.53. The Labute approximate surface area is 142 Å². The number of nitriles is 1. The molecule has 2 aromatic rings. The third-order valence-corrected chi connectivity index (χ3v) is 4.54. The summed E-state index contributed by atoms with van der Waals surface area (Å²) >= 11 is 0. The molecule has 0 radical (unpaired) electrons. The zero-order valence-electron chi connectivity index (χ0n) is 13.9. The van der Waals surface area contributed by atoms with Crippen LogP contribution in [0.15, 0.2) is 48.5 Å². The number of carbonyl (C=O) groups is 1. The maximum atomic E-state index is 13.0. The first-order valence-electron chi connectivity index (χ1n) is 8.21. The minimum absolute atomic E-state index is 0.0723. The van der Waals surface area contributed by atoms with Crippen LogP contribution < -0.4 is 0 Å². The van der Waals surface area contributed by atoms with E-state index in [9.17, 15) is 10.1 Å². The van der Waals surface area contributed by atoms with Crippen molar-refractivity contribution < 1.29 is 4.79 Å². The molecule has 122 valence electrons. The highest BCUT2D eigenvalue weighted by atomic mass is 16.1. The average Bonchev–Trinajstić information content (AvgIpc) is 2.63. The molecule has 3 rings (SSSR count). The van der Waals surface area contributed by atoms with Gasteiger partial charge in [-0.2, -0.15) is 5.26 Å². The molecule has 1 aliphatic heterocycles. The van der Waals surface area contributed by atoms with Gasteiger partial charge in [0.2, 0.25) is 0 Å². The van der Waals surface area contributed by atoms with Crippen LogP contribution in [-0.2, 0) is 6.54 Å². The van der Waals surface area contributed by atoms with Crippen molar-refractivity contribution >= 4 is 5.78 Å². The van der Waals surface area contributed by atoms with Gasteiger partial charge in [0.1, 0.15) is 0 Å². The Morgan fingerprint density at radius 2 is 1.62 bits per heavy atom. The molecule has 0 unspecified atom stereocenters. The van der Waals surface area contributed by atoms with E-state index in [4.69, 9.17) is 0 Å². The molecule has 0 aromatic heterocycles. The van der Waals surface area contributed by atoms with Gasteiger partial charge in [0.05, 0.1) is 11.6 Å². The number of ketones is 1. The summed E-state index contributed by atoms with van der Waals surface area (Å²) in [7, 11) is 2.13. The summed E-state index contributed by atoms with van der Waals surface area (Å²) in [5.74, 6) is -0.0723. The van der Waals surface area contributed by atoms with Crippen LogP contribution in [0.2, 0.25) is 0 Å². The molecular weight excluding hydrogens is 298 g/mol. The van der Waals surface area contributed by atoms with Crippen molar-refractivity contribution in [1.82, 2.24) is 9.80 Å². The highest BCUT2D eigenvalue weighted by Gasteiger charge is 2.19. The largest absolute Gasteiger partial charge is 0.304 e. The van der Waals surface area contributed by atoms with Crippen molar-refractivity contribution in [3.05, 3.63) is 70.8 Å². The van der Waals surface area contributed by atoms with E-state index in [1.165, 1.54) is 0 Å². The molecule has 4 heteroatoms. The number of hydrogen-bond donors (Lipinski definition) is 0.